The lowest BCUT2D eigenvalue weighted by atomic mass is 9.61. The van der Waals surface area contributed by atoms with Gasteiger partial charge in [-0.15, -0.1) is 0 Å². The van der Waals surface area contributed by atoms with Crippen LogP contribution in [0.15, 0.2) is 24.3 Å². The lowest BCUT2D eigenvalue weighted by Gasteiger charge is -2.47. The van der Waals surface area contributed by atoms with Gasteiger partial charge < -0.3 is 0 Å². The first-order chi connectivity index (χ1) is 13.6. The normalized spacial score (nSPS) is 26.5. The number of nitrogens with zero attached hydrogens (tertiary/aromatic N) is 1. The highest BCUT2D eigenvalue weighted by Gasteiger charge is 2.39. The summed E-state index contributed by atoms with van der Waals surface area (Å²) in [5.41, 5.74) is 1.22. The molecule has 0 spiro atoms. The maximum Gasteiger partial charge on any atom is 0.0166 e. The van der Waals surface area contributed by atoms with E-state index in [1.807, 2.05) is 12.1 Å². The fraction of sp³-hybridized carbons (Fsp3) is 0.704. The number of likely N-dealkylation sites (N-methyl/N-ethyl adjacent to an activating group) is 1. The molecule has 1 heteroatoms. The molecule has 1 aromatic carbocycles. The molecule has 0 aliphatic heterocycles. The standard InChI is InChI=1S/C27H43N/c1-6-9-17-25-19-18-23(5)26(27(25)22(4)7-2)21-28(8-3)20-13-16-24-14-11-10-12-15-24/h11,13-16,22-23,25-27H,6-9,17-21H2,1-5H3/b16-13+. The predicted molar refractivity (Wildman–Crippen MR) is 123 cm³/mol. The van der Waals surface area contributed by atoms with Gasteiger partial charge in [0.15, 0.2) is 0 Å². The molecule has 0 saturated heterocycles. The van der Waals surface area contributed by atoms with Crippen molar-refractivity contribution in [1.82, 2.24) is 4.90 Å². The highest BCUT2D eigenvalue weighted by atomic mass is 15.1. The minimum absolute atomic E-state index is 0.846. The zero-order valence-corrected chi connectivity index (χ0v) is 19.1. The van der Waals surface area contributed by atoms with Crippen molar-refractivity contribution >= 4 is 6.08 Å². The number of rotatable bonds is 11. The maximum absolute atomic E-state index is 3.04. The lowest BCUT2D eigenvalue weighted by Crippen LogP contribution is -2.44. The molecule has 0 aromatic heterocycles. The Morgan fingerprint density at radius 1 is 1.21 bits per heavy atom. The molecular weight excluding hydrogens is 338 g/mol. The van der Waals surface area contributed by atoms with Crippen LogP contribution in [0.1, 0.15) is 78.7 Å². The molecular formula is C27H43N. The average molecular weight is 382 g/mol. The quantitative estimate of drug-likeness (QED) is 0.394. The molecule has 1 aliphatic carbocycles. The Morgan fingerprint density at radius 2 is 2.04 bits per heavy atom. The lowest BCUT2D eigenvalue weighted by molar-refractivity contribution is 0.0263. The van der Waals surface area contributed by atoms with E-state index in [2.05, 4.69) is 69.9 Å². The van der Waals surface area contributed by atoms with Gasteiger partial charge in [0, 0.05) is 13.1 Å². The molecule has 0 bridgehead atoms. The Hall–Kier alpha value is -1.26. The molecule has 1 aliphatic rings. The molecule has 1 nitrogen and oxygen atoms in total. The second-order valence-electron chi connectivity index (χ2n) is 9.10. The van der Waals surface area contributed by atoms with E-state index in [1.165, 1.54) is 50.6 Å². The molecule has 0 heterocycles. The summed E-state index contributed by atoms with van der Waals surface area (Å²) in [6.07, 6.45) is 13.0. The Balaban J connectivity index is 2.05. The van der Waals surface area contributed by atoms with E-state index >= 15 is 0 Å². The van der Waals surface area contributed by atoms with E-state index in [9.17, 15) is 0 Å². The first-order valence-electron chi connectivity index (χ1n) is 11.9. The van der Waals surface area contributed by atoms with E-state index < -0.39 is 0 Å². The van der Waals surface area contributed by atoms with Gasteiger partial charge in [0.1, 0.15) is 0 Å². The fourth-order valence-corrected chi connectivity index (χ4v) is 5.31. The second kappa shape index (κ2) is 12.3. The predicted octanol–water partition coefficient (Wildman–Crippen LogP) is 7.14. The zero-order valence-electron chi connectivity index (χ0n) is 19.1. The largest absolute Gasteiger partial charge is 0.300 e. The Morgan fingerprint density at radius 3 is 2.68 bits per heavy atom. The Kier molecular flexibility index (Phi) is 10.1. The molecule has 1 aromatic rings. The van der Waals surface area contributed by atoms with E-state index in [-0.39, 0.29) is 0 Å². The van der Waals surface area contributed by atoms with Crippen molar-refractivity contribution in [3.8, 4) is 0 Å². The van der Waals surface area contributed by atoms with Crippen molar-refractivity contribution in [3.05, 3.63) is 42.0 Å². The van der Waals surface area contributed by atoms with Crippen molar-refractivity contribution in [2.75, 3.05) is 19.6 Å². The molecule has 5 atom stereocenters. The molecule has 5 unspecified atom stereocenters. The monoisotopic (exact) mass is 381 g/mol. The minimum Gasteiger partial charge on any atom is -0.300 e. The summed E-state index contributed by atoms with van der Waals surface area (Å²) < 4.78 is 0. The summed E-state index contributed by atoms with van der Waals surface area (Å²) in [6, 6.07) is 12.1. The van der Waals surface area contributed by atoms with Gasteiger partial charge in [0.2, 0.25) is 0 Å². The molecule has 1 saturated carbocycles. The van der Waals surface area contributed by atoms with Crippen LogP contribution in [-0.4, -0.2) is 24.5 Å². The summed E-state index contributed by atoms with van der Waals surface area (Å²) in [4.78, 5) is 2.66. The second-order valence-corrected chi connectivity index (χ2v) is 9.10. The van der Waals surface area contributed by atoms with Crippen LogP contribution in [0.2, 0.25) is 0 Å². The van der Waals surface area contributed by atoms with Gasteiger partial charge in [0.25, 0.3) is 0 Å². The van der Waals surface area contributed by atoms with E-state index in [0.29, 0.717) is 0 Å². The average Bonchev–Trinajstić information content (AvgIpc) is 2.73. The van der Waals surface area contributed by atoms with E-state index in [1.54, 1.807) is 0 Å². The number of hydrogen-bond donors (Lipinski definition) is 0. The van der Waals surface area contributed by atoms with Crippen LogP contribution in [0.3, 0.4) is 0 Å². The van der Waals surface area contributed by atoms with Gasteiger partial charge in [-0.05, 0) is 66.3 Å². The molecule has 156 valence electrons. The minimum atomic E-state index is 0.846. The van der Waals surface area contributed by atoms with E-state index in [0.717, 1.165) is 42.7 Å². The summed E-state index contributed by atoms with van der Waals surface area (Å²) in [5.74, 6) is 4.40. The molecule has 0 radical (unpaired) electrons. The van der Waals surface area contributed by atoms with Gasteiger partial charge in [0.05, 0.1) is 0 Å². The van der Waals surface area contributed by atoms with Gasteiger partial charge >= 0.3 is 0 Å². The van der Waals surface area contributed by atoms with Crippen LogP contribution in [0.25, 0.3) is 6.08 Å². The smallest absolute Gasteiger partial charge is 0.0166 e. The molecule has 2 rings (SSSR count). The summed E-state index contributed by atoms with van der Waals surface area (Å²) in [5, 5.41) is 0. The van der Waals surface area contributed by atoms with Gasteiger partial charge in [-0.3, -0.25) is 4.90 Å². The molecule has 0 N–H and O–H groups in total. The topological polar surface area (TPSA) is 3.24 Å². The fourth-order valence-electron chi connectivity index (χ4n) is 5.31. The van der Waals surface area contributed by atoms with E-state index in [4.69, 9.17) is 0 Å². The Labute approximate surface area is 175 Å². The van der Waals surface area contributed by atoms with Gasteiger partial charge in [-0.1, -0.05) is 91.0 Å². The third kappa shape index (κ3) is 6.66. The third-order valence-corrected chi connectivity index (χ3v) is 7.26. The third-order valence-electron chi connectivity index (χ3n) is 7.26. The highest BCUT2D eigenvalue weighted by Crippen LogP contribution is 2.45. The van der Waals surface area contributed by atoms with Crippen LogP contribution in [0, 0.1) is 41.7 Å². The van der Waals surface area contributed by atoms with Crippen LogP contribution in [0.4, 0.5) is 0 Å². The first kappa shape index (κ1) is 23.0. The van der Waals surface area contributed by atoms with Crippen molar-refractivity contribution in [3.63, 3.8) is 0 Å². The summed E-state index contributed by atoms with van der Waals surface area (Å²) >= 11 is 0. The molecule has 28 heavy (non-hydrogen) atoms. The maximum atomic E-state index is 3.04. The highest BCUT2D eigenvalue weighted by molar-refractivity contribution is 5.47. The summed E-state index contributed by atoms with van der Waals surface area (Å²) in [7, 11) is 0. The number of unbranched alkanes of at least 4 members (excludes halogenated alkanes) is 1. The SMILES string of the molecule is CCCCC1CCC(C)C(CN(CC)C/C=C/c2cc#ccc2)C1C(C)CC. The van der Waals surface area contributed by atoms with Crippen LogP contribution in [0.5, 0.6) is 0 Å². The first-order valence-corrected chi connectivity index (χ1v) is 11.9. The van der Waals surface area contributed by atoms with Crippen molar-refractivity contribution in [1.29, 1.82) is 0 Å². The van der Waals surface area contributed by atoms with Crippen LogP contribution >= 0.6 is 0 Å². The van der Waals surface area contributed by atoms with Gasteiger partial charge in [-0.2, -0.15) is 0 Å². The van der Waals surface area contributed by atoms with Crippen LogP contribution < -0.4 is 0 Å². The summed E-state index contributed by atoms with van der Waals surface area (Å²) in [6.45, 7) is 15.5. The van der Waals surface area contributed by atoms with Crippen molar-refractivity contribution in [2.24, 2.45) is 29.6 Å². The number of hydrogen-bond acceptors (Lipinski definition) is 1. The van der Waals surface area contributed by atoms with Gasteiger partial charge in [-0.25, -0.2) is 0 Å². The molecule has 1 fully saturated rings. The Bertz CT molecular complexity index is 547. The van der Waals surface area contributed by atoms with Crippen molar-refractivity contribution in [2.45, 2.75) is 73.1 Å². The zero-order chi connectivity index (χ0) is 20.4. The molecule has 0 amide bonds. The van der Waals surface area contributed by atoms with Crippen molar-refractivity contribution < 1.29 is 0 Å². The van der Waals surface area contributed by atoms with Crippen LogP contribution in [-0.2, 0) is 0 Å².